The first kappa shape index (κ1) is 12.8. The molecule has 0 aliphatic rings. The molecule has 0 saturated carbocycles. The minimum absolute atomic E-state index is 0.134. The Morgan fingerprint density at radius 3 is 2.80 bits per heavy atom. The number of rotatable bonds is 5. The van der Waals surface area contributed by atoms with E-state index < -0.39 is 0 Å². The van der Waals surface area contributed by atoms with Gasteiger partial charge >= 0.3 is 0 Å². The SMILES string of the molecule is Fc1ccccc1CCNCc1cnn2ccccc12. The fourth-order valence-corrected chi connectivity index (χ4v) is 2.27. The molecule has 3 nitrogen and oxygen atoms in total. The van der Waals surface area contributed by atoms with Gasteiger partial charge in [0.05, 0.1) is 11.7 Å². The molecule has 0 spiro atoms. The first-order valence-corrected chi connectivity index (χ1v) is 6.70. The number of hydrogen-bond acceptors (Lipinski definition) is 2. The lowest BCUT2D eigenvalue weighted by Gasteiger charge is -2.05. The summed E-state index contributed by atoms with van der Waals surface area (Å²) in [5, 5.41) is 7.62. The number of nitrogens with one attached hydrogen (secondary N) is 1. The van der Waals surface area contributed by atoms with Gasteiger partial charge in [0.2, 0.25) is 0 Å². The number of pyridine rings is 1. The van der Waals surface area contributed by atoms with Crippen LogP contribution in [0, 0.1) is 5.82 Å². The molecule has 0 unspecified atom stereocenters. The monoisotopic (exact) mass is 269 g/mol. The highest BCUT2D eigenvalue weighted by Gasteiger charge is 2.03. The highest BCUT2D eigenvalue weighted by Crippen LogP contribution is 2.10. The van der Waals surface area contributed by atoms with Crippen LogP contribution in [0.2, 0.25) is 0 Å². The van der Waals surface area contributed by atoms with Gasteiger partial charge in [-0.3, -0.25) is 0 Å². The van der Waals surface area contributed by atoms with Crippen LogP contribution in [-0.2, 0) is 13.0 Å². The molecule has 0 atom stereocenters. The zero-order valence-electron chi connectivity index (χ0n) is 11.1. The molecule has 102 valence electrons. The fraction of sp³-hybridized carbons (Fsp3) is 0.188. The van der Waals surface area contributed by atoms with E-state index >= 15 is 0 Å². The third kappa shape index (κ3) is 2.70. The smallest absolute Gasteiger partial charge is 0.126 e. The summed E-state index contributed by atoms with van der Waals surface area (Å²) in [7, 11) is 0. The normalized spacial score (nSPS) is 11.1. The zero-order chi connectivity index (χ0) is 13.8. The molecular formula is C16H16FN3. The zero-order valence-corrected chi connectivity index (χ0v) is 11.1. The van der Waals surface area contributed by atoms with Crippen molar-refractivity contribution < 1.29 is 4.39 Å². The van der Waals surface area contributed by atoms with E-state index in [1.807, 2.05) is 47.2 Å². The van der Waals surface area contributed by atoms with Crippen LogP contribution in [0.15, 0.2) is 54.9 Å². The van der Waals surface area contributed by atoms with Gasteiger partial charge in [-0.1, -0.05) is 24.3 Å². The second-order valence-electron chi connectivity index (χ2n) is 4.72. The van der Waals surface area contributed by atoms with Gasteiger partial charge in [-0.05, 0) is 36.7 Å². The maximum atomic E-state index is 13.5. The van der Waals surface area contributed by atoms with Crippen molar-refractivity contribution in [3.05, 3.63) is 71.8 Å². The molecule has 2 aromatic heterocycles. The van der Waals surface area contributed by atoms with E-state index in [4.69, 9.17) is 0 Å². The molecule has 0 aliphatic carbocycles. The van der Waals surface area contributed by atoms with E-state index in [-0.39, 0.29) is 5.82 Å². The predicted molar refractivity (Wildman–Crippen MR) is 77.0 cm³/mol. The fourth-order valence-electron chi connectivity index (χ4n) is 2.27. The molecule has 0 aliphatic heterocycles. The number of hydrogen-bond donors (Lipinski definition) is 1. The summed E-state index contributed by atoms with van der Waals surface area (Å²) in [6.07, 6.45) is 4.48. The second kappa shape index (κ2) is 5.84. The quantitative estimate of drug-likeness (QED) is 0.722. The molecule has 0 radical (unpaired) electrons. The van der Waals surface area contributed by atoms with Crippen LogP contribution in [0.25, 0.3) is 5.52 Å². The largest absolute Gasteiger partial charge is 0.312 e. The van der Waals surface area contributed by atoms with Crippen LogP contribution in [0.4, 0.5) is 4.39 Å². The molecule has 0 saturated heterocycles. The molecule has 0 bridgehead atoms. The van der Waals surface area contributed by atoms with Crippen molar-refractivity contribution in [1.82, 2.24) is 14.9 Å². The number of fused-ring (bicyclic) bond motifs is 1. The van der Waals surface area contributed by atoms with Crippen molar-refractivity contribution in [3.63, 3.8) is 0 Å². The van der Waals surface area contributed by atoms with Gasteiger partial charge in [0.25, 0.3) is 0 Å². The van der Waals surface area contributed by atoms with E-state index in [9.17, 15) is 4.39 Å². The number of aromatic nitrogens is 2. The summed E-state index contributed by atoms with van der Waals surface area (Å²) in [5.74, 6) is -0.134. The molecule has 0 amide bonds. The Hall–Kier alpha value is -2.20. The van der Waals surface area contributed by atoms with Crippen molar-refractivity contribution in [2.24, 2.45) is 0 Å². The standard InChI is InChI=1S/C16H16FN3/c17-15-6-2-1-5-13(15)8-9-18-11-14-12-19-20-10-4-3-7-16(14)20/h1-7,10,12,18H,8-9,11H2. The minimum atomic E-state index is -0.134. The molecular weight excluding hydrogens is 253 g/mol. The Labute approximate surface area is 117 Å². The predicted octanol–water partition coefficient (Wildman–Crippen LogP) is 2.81. The Bertz CT molecular complexity index is 706. The maximum Gasteiger partial charge on any atom is 0.126 e. The topological polar surface area (TPSA) is 29.3 Å². The molecule has 0 fully saturated rings. The third-order valence-electron chi connectivity index (χ3n) is 3.35. The molecule has 1 aromatic carbocycles. The van der Waals surface area contributed by atoms with Gasteiger partial charge < -0.3 is 5.32 Å². The van der Waals surface area contributed by atoms with Crippen LogP contribution in [0.3, 0.4) is 0 Å². The Balaban J connectivity index is 1.57. The minimum Gasteiger partial charge on any atom is -0.312 e. The first-order chi connectivity index (χ1) is 9.84. The second-order valence-corrected chi connectivity index (χ2v) is 4.72. The van der Waals surface area contributed by atoms with Gasteiger partial charge in [-0.2, -0.15) is 5.10 Å². The first-order valence-electron chi connectivity index (χ1n) is 6.70. The summed E-state index contributed by atoms with van der Waals surface area (Å²) in [5.41, 5.74) is 3.00. The van der Waals surface area contributed by atoms with E-state index in [0.29, 0.717) is 6.42 Å². The van der Waals surface area contributed by atoms with Crippen LogP contribution >= 0.6 is 0 Å². The molecule has 4 heteroatoms. The van der Waals surface area contributed by atoms with Crippen molar-refractivity contribution in [2.75, 3.05) is 6.54 Å². The summed E-state index contributed by atoms with van der Waals surface area (Å²) in [6.45, 7) is 1.48. The average Bonchev–Trinajstić information content (AvgIpc) is 2.89. The van der Waals surface area contributed by atoms with Gasteiger partial charge in [0, 0.05) is 18.3 Å². The average molecular weight is 269 g/mol. The summed E-state index contributed by atoms with van der Waals surface area (Å²) >= 11 is 0. The summed E-state index contributed by atoms with van der Waals surface area (Å²) in [6, 6.07) is 12.9. The Morgan fingerprint density at radius 1 is 1.05 bits per heavy atom. The van der Waals surface area contributed by atoms with Crippen molar-refractivity contribution in [3.8, 4) is 0 Å². The molecule has 2 heterocycles. The van der Waals surface area contributed by atoms with Crippen LogP contribution in [-0.4, -0.2) is 16.2 Å². The lowest BCUT2D eigenvalue weighted by atomic mass is 10.1. The number of halogens is 1. The van der Waals surface area contributed by atoms with Crippen LogP contribution in [0.5, 0.6) is 0 Å². The van der Waals surface area contributed by atoms with Crippen molar-refractivity contribution in [1.29, 1.82) is 0 Å². The van der Waals surface area contributed by atoms with Crippen LogP contribution < -0.4 is 5.32 Å². The number of benzene rings is 1. The summed E-state index contributed by atoms with van der Waals surface area (Å²) in [4.78, 5) is 0. The van der Waals surface area contributed by atoms with Crippen molar-refractivity contribution in [2.45, 2.75) is 13.0 Å². The van der Waals surface area contributed by atoms with E-state index in [1.165, 1.54) is 6.07 Å². The number of nitrogens with zero attached hydrogens (tertiary/aromatic N) is 2. The van der Waals surface area contributed by atoms with Gasteiger partial charge in [0.1, 0.15) is 5.82 Å². The van der Waals surface area contributed by atoms with Gasteiger partial charge in [0.15, 0.2) is 0 Å². The van der Waals surface area contributed by atoms with Crippen molar-refractivity contribution >= 4 is 5.52 Å². The molecule has 1 N–H and O–H groups in total. The molecule has 3 rings (SSSR count). The highest BCUT2D eigenvalue weighted by atomic mass is 19.1. The Morgan fingerprint density at radius 2 is 1.90 bits per heavy atom. The van der Waals surface area contributed by atoms with E-state index in [2.05, 4.69) is 10.4 Å². The third-order valence-corrected chi connectivity index (χ3v) is 3.35. The molecule has 20 heavy (non-hydrogen) atoms. The molecule has 3 aromatic rings. The lowest BCUT2D eigenvalue weighted by Crippen LogP contribution is -2.17. The van der Waals surface area contributed by atoms with Crippen LogP contribution in [0.1, 0.15) is 11.1 Å². The Kier molecular flexibility index (Phi) is 3.74. The highest BCUT2D eigenvalue weighted by molar-refractivity contribution is 5.53. The van der Waals surface area contributed by atoms with E-state index in [0.717, 1.165) is 29.7 Å². The summed E-state index contributed by atoms with van der Waals surface area (Å²) < 4.78 is 15.3. The van der Waals surface area contributed by atoms with Gasteiger partial charge in [-0.25, -0.2) is 8.91 Å². The van der Waals surface area contributed by atoms with E-state index in [1.54, 1.807) is 6.07 Å². The maximum absolute atomic E-state index is 13.5. The lowest BCUT2D eigenvalue weighted by molar-refractivity contribution is 0.598. The van der Waals surface area contributed by atoms with Gasteiger partial charge in [-0.15, -0.1) is 0 Å².